The quantitative estimate of drug-likeness (QED) is 0.726. The number of hydrogen-bond donors (Lipinski definition) is 1. The van der Waals surface area contributed by atoms with Gasteiger partial charge in [-0.15, -0.1) is 0 Å². The molecule has 29 heavy (non-hydrogen) atoms. The number of fused-ring (bicyclic) bond motifs is 1. The Balaban J connectivity index is 1.42. The zero-order chi connectivity index (χ0) is 20.2. The van der Waals surface area contributed by atoms with Crippen LogP contribution in [0.15, 0.2) is 59.5 Å². The van der Waals surface area contributed by atoms with Gasteiger partial charge in [0.15, 0.2) is 0 Å². The lowest BCUT2D eigenvalue weighted by molar-refractivity contribution is -0.116. The molecule has 7 nitrogen and oxygen atoms in total. The van der Waals surface area contributed by atoms with Crippen LogP contribution < -0.4 is 10.7 Å². The van der Waals surface area contributed by atoms with Crippen LogP contribution in [0.5, 0.6) is 0 Å². The fourth-order valence-corrected chi connectivity index (χ4v) is 3.60. The van der Waals surface area contributed by atoms with Crippen molar-refractivity contribution in [2.75, 3.05) is 18.4 Å². The van der Waals surface area contributed by atoms with E-state index >= 15 is 0 Å². The SMILES string of the molecule is O=C(CCn1ncc(=O)c2ccccc21)Nc1cccc(C(=O)N2CCCC2)c1. The Morgan fingerprint density at radius 3 is 2.66 bits per heavy atom. The highest BCUT2D eigenvalue weighted by molar-refractivity contribution is 5.97. The Morgan fingerprint density at radius 2 is 1.83 bits per heavy atom. The van der Waals surface area contributed by atoms with Crippen LogP contribution in [0.2, 0.25) is 0 Å². The Morgan fingerprint density at radius 1 is 1.03 bits per heavy atom. The lowest BCUT2D eigenvalue weighted by Crippen LogP contribution is -2.27. The molecule has 2 amide bonds. The summed E-state index contributed by atoms with van der Waals surface area (Å²) >= 11 is 0. The van der Waals surface area contributed by atoms with Crippen molar-refractivity contribution in [1.82, 2.24) is 14.7 Å². The third kappa shape index (κ3) is 4.18. The third-order valence-electron chi connectivity index (χ3n) is 5.10. The molecule has 7 heteroatoms. The molecule has 0 saturated carbocycles. The lowest BCUT2D eigenvalue weighted by atomic mass is 10.1. The van der Waals surface area contributed by atoms with Gasteiger partial charge in [0.25, 0.3) is 5.91 Å². The maximum atomic E-state index is 12.5. The fourth-order valence-electron chi connectivity index (χ4n) is 3.60. The first-order chi connectivity index (χ1) is 14.1. The zero-order valence-electron chi connectivity index (χ0n) is 16.0. The van der Waals surface area contributed by atoms with Gasteiger partial charge in [0.2, 0.25) is 11.3 Å². The molecule has 148 valence electrons. The Labute approximate surface area is 167 Å². The van der Waals surface area contributed by atoms with Crippen LogP contribution in [0.1, 0.15) is 29.6 Å². The van der Waals surface area contributed by atoms with Crippen LogP contribution in [0.25, 0.3) is 10.9 Å². The van der Waals surface area contributed by atoms with Gasteiger partial charge in [-0.3, -0.25) is 19.1 Å². The van der Waals surface area contributed by atoms with Gasteiger partial charge in [-0.1, -0.05) is 18.2 Å². The summed E-state index contributed by atoms with van der Waals surface area (Å²) in [5, 5.41) is 7.57. The van der Waals surface area contributed by atoms with E-state index in [4.69, 9.17) is 0 Å². The maximum absolute atomic E-state index is 12.5. The predicted molar refractivity (Wildman–Crippen MR) is 111 cm³/mol. The Kier molecular flexibility index (Phi) is 5.37. The summed E-state index contributed by atoms with van der Waals surface area (Å²) in [6, 6.07) is 14.2. The molecule has 1 N–H and O–H groups in total. The van der Waals surface area contributed by atoms with E-state index in [1.54, 1.807) is 41.1 Å². The molecule has 0 atom stereocenters. The van der Waals surface area contributed by atoms with Gasteiger partial charge >= 0.3 is 0 Å². The van der Waals surface area contributed by atoms with E-state index in [-0.39, 0.29) is 23.7 Å². The zero-order valence-corrected chi connectivity index (χ0v) is 16.0. The minimum absolute atomic E-state index is 0.00234. The van der Waals surface area contributed by atoms with Crippen molar-refractivity contribution in [2.24, 2.45) is 0 Å². The van der Waals surface area contributed by atoms with Crippen molar-refractivity contribution >= 4 is 28.4 Å². The maximum Gasteiger partial charge on any atom is 0.253 e. The number of rotatable bonds is 5. The molecule has 0 aliphatic carbocycles. The van der Waals surface area contributed by atoms with Gasteiger partial charge in [0, 0.05) is 36.1 Å². The first-order valence-corrected chi connectivity index (χ1v) is 9.76. The van der Waals surface area contributed by atoms with Crippen molar-refractivity contribution in [1.29, 1.82) is 0 Å². The predicted octanol–water partition coefficient (Wildman–Crippen LogP) is 2.66. The highest BCUT2D eigenvalue weighted by atomic mass is 16.2. The summed E-state index contributed by atoms with van der Waals surface area (Å²) < 4.78 is 1.66. The summed E-state index contributed by atoms with van der Waals surface area (Å²) in [5.41, 5.74) is 1.74. The van der Waals surface area contributed by atoms with Gasteiger partial charge in [0.05, 0.1) is 18.3 Å². The number of amides is 2. The number of nitrogens with one attached hydrogen (secondary N) is 1. The minimum atomic E-state index is -0.180. The van der Waals surface area contributed by atoms with Gasteiger partial charge < -0.3 is 10.2 Å². The van der Waals surface area contributed by atoms with E-state index < -0.39 is 0 Å². The molecule has 0 radical (unpaired) electrons. The molecule has 0 bridgehead atoms. The van der Waals surface area contributed by atoms with Crippen molar-refractivity contribution in [3.8, 4) is 0 Å². The summed E-state index contributed by atoms with van der Waals surface area (Å²) in [7, 11) is 0. The molecule has 2 heterocycles. The van der Waals surface area contributed by atoms with Crippen molar-refractivity contribution in [3.05, 3.63) is 70.5 Å². The smallest absolute Gasteiger partial charge is 0.253 e. The molecule has 1 aromatic heterocycles. The average Bonchev–Trinajstić information content (AvgIpc) is 3.28. The second-order valence-corrected chi connectivity index (χ2v) is 7.13. The van der Waals surface area contributed by atoms with Crippen molar-refractivity contribution in [3.63, 3.8) is 0 Å². The van der Waals surface area contributed by atoms with Crippen LogP contribution in [-0.2, 0) is 11.3 Å². The fraction of sp³-hybridized carbons (Fsp3) is 0.273. The van der Waals surface area contributed by atoms with E-state index in [1.807, 2.05) is 17.0 Å². The van der Waals surface area contributed by atoms with Gasteiger partial charge in [0.1, 0.15) is 0 Å². The normalized spacial score (nSPS) is 13.6. The topological polar surface area (TPSA) is 84.3 Å². The largest absolute Gasteiger partial charge is 0.339 e. The third-order valence-corrected chi connectivity index (χ3v) is 5.10. The lowest BCUT2D eigenvalue weighted by Gasteiger charge is -2.16. The molecule has 1 saturated heterocycles. The van der Waals surface area contributed by atoms with Crippen LogP contribution in [0.3, 0.4) is 0 Å². The monoisotopic (exact) mass is 390 g/mol. The number of hydrogen-bond acceptors (Lipinski definition) is 4. The molecule has 2 aromatic carbocycles. The number of para-hydroxylation sites is 1. The number of likely N-dealkylation sites (tertiary alicyclic amines) is 1. The molecular weight excluding hydrogens is 368 g/mol. The van der Waals surface area contributed by atoms with E-state index in [9.17, 15) is 14.4 Å². The Hall–Kier alpha value is -3.48. The van der Waals surface area contributed by atoms with Crippen LogP contribution in [0, 0.1) is 0 Å². The van der Waals surface area contributed by atoms with E-state index in [0.717, 1.165) is 25.9 Å². The standard InChI is InChI=1S/C22H22N4O3/c27-20-15-23-26(19-9-2-1-8-18(19)20)13-10-21(28)24-17-7-5-6-16(14-17)22(29)25-11-3-4-12-25/h1-2,5-9,14-15H,3-4,10-13H2,(H,24,28). The molecular formula is C22H22N4O3. The summed E-state index contributed by atoms with van der Waals surface area (Å²) in [5.74, 6) is -0.178. The summed E-state index contributed by atoms with van der Waals surface area (Å²) in [6.07, 6.45) is 3.55. The molecule has 3 aromatic rings. The van der Waals surface area contributed by atoms with E-state index in [2.05, 4.69) is 10.4 Å². The molecule has 1 aliphatic rings. The number of aryl methyl sites for hydroxylation is 1. The molecule has 4 rings (SSSR count). The molecule has 0 spiro atoms. The Bertz CT molecular complexity index is 1120. The van der Waals surface area contributed by atoms with Crippen LogP contribution in [0.4, 0.5) is 5.69 Å². The molecule has 1 aliphatic heterocycles. The number of carbonyl (C=O) groups is 2. The van der Waals surface area contributed by atoms with Gasteiger partial charge in [-0.25, -0.2) is 0 Å². The first-order valence-electron chi connectivity index (χ1n) is 9.76. The summed E-state index contributed by atoms with van der Waals surface area (Å²) in [4.78, 5) is 38.7. The van der Waals surface area contributed by atoms with Crippen LogP contribution in [-0.4, -0.2) is 39.6 Å². The minimum Gasteiger partial charge on any atom is -0.339 e. The molecule has 1 fully saturated rings. The highest BCUT2D eigenvalue weighted by Gasteiger charge is 2.19. The van der Waals surface area contributed by atoms with Gasteiger partial charge in [-0.2, -0.15) is 5.10 Å². The van der Waals surface area contributed by atoms with E-state index in [1.165, 1.54) is 6.20 Å². The number of benzene rings is 2. The molecule has 0 unspecified atom stereocenters. The summed E-state index contributed by atoms with van der Waals surface area (Å²) in [6.45, 7) is 1.92. The second kappa shape index (κ2) is 8.26. The first kappa shape index (κ1) is 18.9. The number of carbonyl (C=O) groups excluding carboxylic acids is 2. The second-order valence-electron chi connectivity index (χ2n) is 7.13. The number of anilines is 1. The highest BCUT2D eigenvalue weighted by Crippen LogP contribution is 2.17. The van der Waals surface area contributed by atoms with Crippen LogP contribution >= 0.6 is 0 Å². The number of aromatic nitrogens is 2. The number of nitrogens with zero attached hydrogens (tertiary/aromatic N) is 3. The average molecular weight is 390 g/mol. The van der Waals surface area contributed by atoms with Gasteiger partial charge in [-0.05, 0) is 43.2 Å². The van der Waals surface area contributed by atoms with Crippen molar-refractivity contribution < 1.29 is 9.59 Å². The van der Waals surface area contributed by atoms with Crippen molar-refractivity contribution in [2.45, 2.75) is 25.8 Å². The van der Waals surface area contributed by atoms with E-state index in [0.29, 0.717) is 28.7 Å².